The van der Waals surface area contributed by atoms with Crippen molar-refractivity contribution in [3.8, 4) is 0 Å². The van der Waals surface area contributed by atoms with Gasteiger partial charge in [0.25, 0.3) is 0 Å². The zero-order valence-corrected chi connectivity index (χ0v) is 12.8. The first kappa shape index (κ1) is 14.0. The van der Waals surface area contributed by atoms with Gasteiger partial charge >= 0.3 is 0 Å². The van der Waals surface area contributed by atoms with Crippen molar-refractivity contribution in [2.75, 3.05) is 19.0 Å². The molecule has 1 heterocycles. The molecule has 0 fully saturated rings. The van der Waals surface area contributed by atoms with Crippen molar-refractivity contribution >= 4 is 21.6 Å². The Morgan fingerprint density at radius 2 is 2.16 bits per heavy atom. The molecule has 19 heavy (non-hydrogen) atoms. The normalized spacial score (nSPS) is 10.5. The summed E-state index contributed by atoms with van der Waals surface area (Å²) in [7, 11) is 4.07. The van der Waals surface area contributed by atoms with Crippen LogP contribution in [-0.2, 0) is 13.1 Å². The molecular formula is C15H18BrN3. The van der Waals surface area contributed by atoms with Gasteiger partial charge in [-0.3, -0.25) is 4.98 Å². The Hall–Kier alpha value is -1.39. The molecule has 3 nitrogen and oxygen atoms in total. The summed E-state index contributed by atoms with van der Waals surface area (Å²) in [6.07, 6.45) is 3.71. The van der Waals surface area contributed by atoms with Crippen molar-refractivity contribution in [3.63, 3.8) is 0 Å². The van der Waals surface area contributed by atoms with Crippen LogP contribution in [0.25, 0.3) is 0 Å². The quantitative estimate of drug-likeness (QED) is 0.917. The van der Waals surface area contributed by atoms with E-state index in [0.717, 1.165) is 17.6 Å². The van der Waals surface area contributed by atoms with Gasteiger partial charge in [-0.2, -0.15) is 0 Å². The zero-order chi connectivity index (χ0) is 13.7. The highest BCUT2D eigenvalue weighted by Crippen LogP contribution is 2.25. The van der Waals surface area contributed by atoms with Crippen molar-refractivity contribution < 1.29 is 0 Å². The Balaban J connectivity index is 2.22. The van der Waals surface area contributed by atoms with Crippen LogP contribution in [0.5, 0.6) is 0 Å². The van der Waals surface area contributed by atoms with Gasteiger partial charge in [-0.1, -0.05) is 28.1 Å². The van der Waals surface area contributed by atoms with Crippen LogP contribution in [-0.4, -0.2) is 19.1 Å². The highest BCUT2D eigenvalue weighted by molar-refractivity contribution is 9.10. The van der Waals surface area contributed by atoms with E-state index in [2.05, 4.69) is 62.4 Å². The Morgan fingerprint density at radius 1 is 1.32 bits per heavy atom. The predicted molar refractivity (Wildman–Crippen MR) is 83.2 cm³/mol. The number of pyridine rings is 1. The molecule has 0 atom stereocenters. The van der Waals surface area contributed by atoms with Gasteiger partial charge in [0, 0.05) is 42.7 Å². The lowest BCUT2D eigenvalue weighted by Crippen LogP contribution is -2.19. The molecule has 1 aromatic heterocycles. The van der Waals surface area contributed by atoms with Crippen LogP contribution in [0, 0.1) is 0 Å². The molecule has 100 valence electrons. The summed E-state index contributed by atoms with van der Waals surface area (Å²) in [5.74, 6) is 0. The van der Waals surface area contributed by atoms with Crippen LogP contribution in [0.15, 0.2) is 47.2 Å². The van der Waals surface area contributed by atoms with Crippen molar-refractivity contribution in [2.45, 2.75) is 13.1 Å². The summed E-state index contributed by atoms with van der Waals surface area (Å²) < 4.78 is 1.10. The SMILES string of the molecule is CNCc1ccc(Br)cc1N(C)Cc1cccnc1. The molecule has 0 aliphatic carbocycles. The van der Waals surface area contributed by atoms with Gasteiger partial charge < -0.3 is 10.2 Å². The van der Waals surface area contributed by atoms with Gasteiger partial charge in [0.05, 0.1) is 0 Å². The highest BCUT2D eigenvalue weighted by atomic mass is 79.9. The van der Waals surface area contributed by atoms with Crippen molar-refractivity contribution in [1.82, 2.24) is 10.3 Å². The molecule has 0 saturated heterocycles. The van der Waals surface area contributed by atoms with E-state index in [-0.39, 0.29) is 0 Å². The molecule has 0 radical (unpaired) electrons. The summed E-state index contributed by atoms with van der Waals surface area (Å²) in [4.78, 5) is 6.40. The molecule has 4 heteroatoms. The summed E-state index contributed by atoms with van der Waals surface area (Å²) >= 11 is 3.54. The molecule has 2 aromatic rings. The number of aromatic nitrogens is 1. The molecule has 0 bridgehead atoms. The molecule has 0 aliphatic rings. The second kappa shape index (κ2) is 6.68. The van der Waals surface area contributed by atoms with Crippen LogP contribution in [0.3, 0.4) is 0 Å². The third-order valence-electron chi connectivity index (χ3n) is 2.97. The monoisotopic (exact) mass is 319 g/mol. The van der Waals surface area contributed by atoms with E-state index in [1.54, 1.807) is 6.20 Å². The lowest BCUT2D eigenvalue weighted by molar-refractivity contribution is 0.804. The smallest absolute Gasteiger partial charge is 0.0441 e. The van der Waals surface area contributed by atoms with Crippen LogP contribution < -0.4 is 10.2 Å². The van der Waals surface area contributed by atoms with E-state index in [1.807, 2.05) is 19.3 Å². The number of anilines is 1. The second-order valence-electron chi connectivity index (χ2n) is 4.52. The number of hydrogen-bond acceptors (Lipinski definition) is 3. The largest absolute Gasteiger partial charge is 0.370 e. The van der Waals surface area contributed by atoms with Gasteiger partial charge in [0.15, 0.2) is 0 Å². The van der Waals surface area contributed by atoms with Gasteiger partial charge in [-0.15, -0.1) is 0 Å². The number of halogens is 1. The van der Waals surface area contributed by atoms with E-state index < -0.39 is 0 Å². The summed E-state index contributed by atoms with van der Waals surface area (Å²) in [6, 6.07) is 10.4. The number of nitrogens with one attached hydrogen (secondary N) is 1. The Labute approximate surface area is 122 Å². The fourth-order valence-corrected chi connectivity index (χ4v) is 2.43. The zero-order valence-electron chi connectivity index (χ0n) is 11.2. The lowest BCUT2D eigenvalue weighted by Gasteiger charge is -2.23. The molecule has 0 saturated carbocycles. The van der Waals surface area contributed by atoms with Gasteiger partial charge in [0.2, 0.25) is 0 Å². The van der Waals surface area contributed by atoms with E-state index >= 15 is 0 Å². The van der Waals surface area contributed by atoms with Crippen LogP contribution in [0.2, 0.25) is 0 Å². The van der Waals surface area contributed by atoms with Gasteiger partial charge in [-0.05, 0) is 36.4 Å². The number of rotatable bonds is 5. The first-order valence-corrected chi connectivity index (χ1v) is 7.03. The van der Waals surface area contributed by atoms with Crippen molar-refractivity contribution in [2.24, 2.45) is 0 Å². The first-order valence-electron chi connectivity index (χ1n) is 6.24. The third-order valence-corrected chi connectivity index (χ3v) is 3.46. The van der Waals surface area contributed by atoms with Crippen molar-refractivity contribution in [3.05, 3.63) is 58.3 Å². The van der Waals surface area contributed by atoms with Crippen molar-refractivity contribution in [1.29, 1.82) is 0 Å². The van der Waals surface area contributed by atoms with E-state index in [9.17, 15) is 0 Å². The fourth-order valence-electron chi connectivity index (χ4n) is 2.08. The maximum absolute atomic E-state index is 4.16. The molecule has 0 amide bonds. The lowest BCUT2D eigenvalue weighted by atomic mass is 10.1. The minimum atomic E-state index is 0.848. The number of hydrogen-bond donors (Lipinski definition) is 1. The molecule has 1 N–H and O–H groups in total. The maximum atomic E-state index is 4.16. The molecule has 2 rings (SSSR count). The molecular weight excluding hydrogens is 302 g/mol. The van der Waals surface area contributed by atoms with Gasteiger partial charge in [0.1, 0.15) is 0 Å². The van der Waals surface area contributed by atoms with E-state index in [1.165, 1.54) is 16.8 Å². The Kier molecular flexibility index (Phi) is 4.93. The first-order chi connectivity index (χ1) is 9.20. The molecule has 0 aliphatic heterocycles. The van der Waals surface area contributed by atoms with E-state index in [4.69, 9.17) is 0 Å². The highest BCUT2D eigenvalue weighted by Gasteiger charge is 2.08. The Morgan fingerprint density at radius 3 is 2.84 bits per heavy atom. The minimum absolute atomic E-state index is 0.848. The Bertz CT molecular complexity index is 528. The fraction of sp³-hybridized carbons (Fsp3) is 0.267. The molecule has 0 spiro atoms. The van der Waals surface area contributed by atoms with E-state index in [0.29, 0.717) is 0 Å². The maximum Gasteiger partial charge on any atom is 0.0441 e. The summed E-state index contributed by atoms with van der Waals surface area (Å²) in [6.45, 7) is 1.71. The number of nitrogens with zero attached hydrogens (tertiary/aromatic N) is 2. The van der Waals surface area contributed by atoms with Crippen LogP contribution in [0.1, 0.15) is 11.1 Å². The van der Waals surface area contributed by atoms with Gasteiger partial charge in [-0.25, -0.2) is 0 Å². The summed E-state index contributed by atoms with van der Waals surface area (Å²) in [5.41, 5.74) is 3.73. The molecule has 0 unspecified atom stereocenters. The second-order valence-corrected chi connectivity index (χ2v) is 5.44. The minimum Gasteiger partial charge on any atom is -0.370 e. The average molecular weight is 320 g/mol. The van der Waals surface area contributed by atoms with Crippen LogP contribution >= 0.6 is 15.9 Å². The standard InChI is InChI=1S/C15H18BrN3/c1-17-10-13-5-6-14(16)8-15(13)19(2)11-12-4-3-7-18-9-12/h3-9,17H,10-11H2,1-2H3. The van der Waals surface area contributed by atoms with Crippen LogP contribution in [0.4, 0.5) is 5.69 Å². The number of benzene rings is 1. The summed E-state index contributed by atoms with van der Waals surface area (Å²) in [5, 5.41) is 3.21. The molecule has 1 aromatic carbocycles. The topological polar surface area (TPSA) is 28.2 Å². The predicted octanol–water partition coefficient (Wildman–Crippen LogP) is 3.20. The third kappa shape index (κ3) is 3.78. The average Bonchev–Trinajstić information content (AvgIpc) is 2.42.